The van der Waals surface area contributed by atoms with Crippen molar-refractivity contribution in [3.63, 3.8) is 0 Å². The van der Waals surface area contributed by atoms with E-state index >= 15 is 0 Å². The highest BCUT2D eigenvalue weighted by atomic mass is 16.6. The van der Waals surface area contributed by atoms with Gasteiger partial charge in [0.2, 0.25) is 0 Å². The van der Waals surface area contributed by atoms with Crippen molar-refractivity contribution >= 4 is 0 Å². The molecule has 4 fully saturated rings. The van der Waals surface area contributed by atoms with Gasteiger partial charge in [-0.2, -0.15) is 0 Å². The van der Waals surface area contributed by atoms with Crippen molar-refractivity contribution in [1.82, 2.24) is 0 Å². The maximum absolute atomic E-state index is 5.97. The molecule has 3 heteroatoms. The molecule has 3 saturated heterocycles. The van der Waals surface area contributed by atoms with Crippen LogP contribution in [0.4, 0.5) is 0 Å². The molecule has 4 aliphatic rings. The molecule has 3 heterocycles. The molecule has 4 rings (SSSR count). The number of rotatable bonds is 0. The Morgan fingerprint density at radius 1 is 0.889 bits per heavy atom. The Morgan fingerprint density at radius 2 is 1.61 bits per heavy atom. The second kappa shape index (κ2) is 3.13. The molecular weight excluding hydrogens is 228 g/mol. The first-order chi connectivity index (χ1) is 8.32. The molecule has 1 aliphatic carbocycles. The van der Waals surface area contributed by atoms with Crippen LogP contribution in [0.5, 0.6) is 0 Å². The largest absolute Gasteiger partial charge is 0.369 e. The van der Waals surface area contributed by atoms with Crippen molar-refractivity contribution in [3.8, 4) is 0 Å². The lowest BCUT2D eigenvalue weighted by Crippen LogP contribution is -2.26. The van der Waals surface area contributed by atoms with Gasteiger partial charge in [-0.05, 0) is 38.5 Å². The average Bonchev–Trinajstić information content (AvgIpc) is 3.14. The van der Waals surface area contributed by atoms with Crippen LogP contribution in [0.1, 0.15) is 53.4 Å². The Balaban J connectivity index is 1.56. The summed E-state index contributed by atoms with van der Waals surface area (Å²) in [7, 11) is 0. The van der Waals surface area contributed by atoms with Gasteiger partial charge in [-0.1, -0.05) is 13.8 Å². The molecule has 102 valence electrons. The molecule has 0 aromatic rings. The molecule has 1 saturated carbocycles. The number of hydrogen-bond acceptors (Lipinski definition) is 3. The smallest absolute Gasteiger partial charge is 0.0946 e. The molecule has 0 spiro atoms. The van der Waals surface area contributed by atoms with Crippen molar-refractivity contribution in [1.29, 1.82) is 0 Å². The zero-order valence-electron chi connectivity index (χ0n) is 11.9. The lowest BCUT2D eigenvalue weighted by molar-refractivity contribution is 0.200. The Bertz CT molecular complexity index is 393. The van der Waals surface area contributed by atoms with Crippen LogP contribution >= 0.6 is 0 Å². The van der Waals surface area contributed by atoms with Gasteiger partial charge in [-0.3, -0.25) is 0 Å². The zero-order valence-corrected chi connectivity index (χ0v) is 11.9. The van der Waals surface area contributed by atoms with Crippen LogP contribution in [-0.2, 0) is 14.2 Å². The molecule has 0 bridgehead atoms. The zero-order chi connectivity index (χ0) is 12.8. The van der Waals surface area contributed by atoms with Crippen molar-refractivity contribution in [2.75, 3.05) is 0 Å². The predicted molar refractivity (Wildman–Crippen MR) is 67.5 cm³/mol. The minimum absolute atomic E-state index is 0.0839. The quantitative estimate of drug-likeness (QED) is 0.622. The van der Waals surface area contributed by atoms with Crippen LogP contribution in [0.3, 0.4) is 0 Å². The van der Waals surface area contributed by atoms with E-state index in [1.54, 1.807) is 0 Å². The van der Waals surface area contributed by atoms with Crippen molar-refractivity contribution in [2.45, 2.75) is 89.0 Å². The molecule has 18 heavy (non-hydrogen) atoms. The fourth-order valence-electron chi connectivity index (χ4n) is 4.00. The molecular formula is C15H24O3. The van der Waals surface area contributed by atoms with Crippen LogP contribution in [-0.4, -0.2) is 35.6 Å². The molecule has 0 amide bonds. The summed E-state index contributed by atoms with van der Waals surface area (Å²) in [6.07, 6.45) is 6.18. The van der Waals surface area contributed by atoms with Crippen molar-refractivity contribution < 1.29 is 14.2 Å². The van der Waals surface area contributed by atoms with E-state index in [-0.39, 0.29) is 16.6 Å². The van der Waals surface area contributed by atoms with Crippen LogP contribution in [0.25, 0.3) is 0 Å². The summed E-state index contributed by atoms with van der Waals surface area (Å²) in [6.45, 7) is 9.15. The van der Waals surface area contributed by atoms with E-state index in [1.807, 2.05) is 0 Å². The molecule has 3 aliphatic heterocycles. The highest BCUT2D eigenvalue weighted by Crippen LogP contribution is 2.56. The van der Waals surface area contributed by atoms with Gasteiger partial charge in [0.05, 0.1) is 35.6 Å². The van der Waals surface area contributed by atoms with Crippen molar-refractivity contribution in [3.05, 3.63) is 0 Å². The first kappa shape index (κ1) is 11.7. The van der Waals surface area contributed by atoms with E-state index in [9.17, 15) is 0 Å². The van der Waals surface area contributed by atoms with Crippen LogP contribution < -0.4 is 0 Å². The number of epoxide rings is 3. The maximum Gasteiger partial charge on any atom is 0.0946 e. The third-order valence-electron chi connectivity index (χ3n) is 5.64. The highest BCUT2D eigenvalue weighted by molar-refractivity contribution is 5.12. The number of hydrogen-bond donors (Lipinski definition) is 0. The summed E-state index contributed by atoms with van der Waals surface area (Å²) < 4.78 is 17.8. The Hall–Kier alpha value is -0.120. The third kappa shape index (κ3) is 1.67. The predicted octanol–water partition coefficient (Wildman–Crippen LogP) is 2.67. The Kier molecular flexibility index (Phi) is 2.03. The van der Waals surface area contributed by atoms with Crippen LogP contribution in [0.15, 0.2) is 0 Å². The summed E-state index contributed by atoms with van der Waals surface area (Å²) in [5.41, 5.74) is 0.428. The van der Waals surface area contributed by atoms with Crippen LogP contribution in [0.2, 0.25) is 0 Å². The summed E-state index contributed by atoms with van der Waals surface area (Å²) in [4.78, 5) is 0. The van der Waals surface area contributed by atoms with Gasteiger partial charge >= 0.3 is 0 Å². The fourth-order valence-corrected chi connectivity index (χ4v) is 4.00. The lowest BCUT2D eigenvalue weighted by atomic mass is 9.80. The van der Waals surface area contributed by atoms with E-state index < -0.39 is 0 Å². The van der Waals surface area contributed by atoms with Gasteiger partial charge in [-0.15, -0.1) is 0 Å². The van der Waals surface area contributed by atoms with Gasteiger partial charge < -0.3 is 14.2 Å². The molecule has 0 radical (unpaired) electrons. The van der Waals surface area contributed by atoms with E-state index in [0.717, 1.165) is 25.7 Å². The number of ether oxygens (including phenoxy) is 3. The van der Waals surface area contributed by atoms with E-state index in [2.05, 4.69) is 27.7 Å². The van der Waals surface area contributed by atoms with E-state index in [0.29, 0.717) is 24.4 Å². The molecule has 0 aromatic heterocycles. The molecule has 3 nitrogen and oxygen atoms in total. The third-order valence-corrected chi connectivity index (χ3v) is 5.64. The highest BCUT2D eigenvalue weighted by Gasteiger charge is 2.64. The Morgan fingerprint density at radius 3 is 2.39 bits per heavy atom. The van der Waals surface area contributed by atoms with Gasteiger partial charge in [0.25, 0.3) is 0 Å². The maximum atomic E-state index is 5.97. The lowest BCUT2D eigenvalue weighted by Gasteiger charge is -2.22. The monoisotopic (exact) mass is 252 g/mol. The van der Waals surface area contributed by atoms with Crippen LogP contribution in [0, 0.1) is 5.41 Å². The second-order valence-electron chi connectivity index (χ2n) is 7.87. The summed E-state index contributed by atoms with van der Waals surface area (Å²) in [5, 5.41) is 0. The SMILES string of the molecule is CC1(C)C[C@@H]2O[C@@]2(C)CC[C@@H]2O[C@]2(C)C[C@@H]2O[C@H]21. The minimum Gasteiger partial charge on any atom is -0.369 e. The normalized spacial score (nSPS) is 60.7. The first-order valence-electron chi connectivity index (χ1n) is 7.34. The van der Waals surface area contributed by atoms with E-state index in [1.165, 1.54) is 0 Å². The van der Waals surface area contributed by atoms with Gasteiger partial charge in [0.1, 0.15) is 0 Å². The minimum atomic E-state index is 0.0839. The van der Waals surface area contributed by atoms with Gasteiger partial charge in [-0.25, -0.2) is 0 Å². The molecule has 0 aromatic carbocycles. The molecule has 0 unspecified atom stereocenters. The summed E-state index contributed by atoms with van der Waals surface area (Å²) in [6, 6.07) is 0. The fraction of sp³-hybridized carbons (Fsp3) is 1.00. The van der Waals surface area contributed by atoms with Gasteiger partial charge in [0, 0.05) is 6.42 Å². The van der Waals surface area contributed by atoms with E-state index in [4.69, 9.17) is 14.2 Å². The molecule has 6 atom stereocenters. The number of fused-ring (bicyclic) bond motifs is 3. The summed E-state index contributed by atoms with van der Waals surface area (Å²) in [5.74, 6) is 0. The first-order valence-corrected chi connectivity index (χ1v) is 7.34. The topological polar surface area (TPSA) is 37.6 Å². The van der Waals surface area contributed by atoms with Gasteiger partial charge in [0.15, 0.2) is 0 Å². The summed E-state index contributed by atoms with van der Waals surface area (Å²) >= 11 is 0. The average molecular weight is 252 g/mol. The van der Waals surface area contributed by atoms with Crippen molar-refractivity contribution in [2.24, 2.45) is 5.41 Å². The second-order valence-corrected chi connectivity index (χ2v) is 7.87. The Labute approximate surface area is 109 Å². The standard InChI is InChI=1S/C15H24O3/c1-13(2)8-11-14(3,18-11)6-5-10-15(4,17-10)7-9-12(13)16-9/h9-12H,5-8H2,1-4H3/t9-,10-,11-,12+,14-,15+/m0/s1. The molecule has 0 N–H and O–H groups in total.